The molecule has 2 aromatic rings. The van der Waals surface area contributed by atoms with Crippen molar-refractivity contribution in [1.82, 2.24) is 5.32 Å². The predicted octanol–water partition coefficient (Wildman–Crippen LogP) is 4.52. The number of ether oxygens (including phenoxy) is 2. The maximum absolute atomic E-state index is 13.3. The van der Waals surface area contributed by atoms with Gasteiger partial charge in [-0.2, -0.15) is 0 Å². The molecule has 1 aromatic carbocycles. The van der Waals surface area contributed by atoms with Crippen LogP contribution in [-0.2, 0) is 23.9 Å². The number of methoxy groups -OCH3 is 1. The molecule has 2 rings (SSSR count). The van der Waals surface area contributed by atoms with Crippen LogP contribution in [0.2, 0.25) is 0 Å². The number of carbonyl (C=O) groups excluding carboxylic acids is 4. The molecule has 0 fully saturated rings. The zero-order valence-corrected chi connectivity index (χ0v) is 21.9. The van der Waals surface area contributed by atoms with Crippen molar-refractivity contribution in [2.45, 2.75) is 65.0 Å². The van der Waals surface area contributed by atoms with E-state index >= 15 is 0 Å². The van der Waals surface area contributed by atoms with Crippen molar-refractivity contribution >= 4 is 40.8 Å². The van der Waals surface area contributed by atoms with Gasteiger partial charge in [0.05, 0.1) is 25.0 Å². The Labute approximate surface area is 210 Å². The van der Waals surface area contributed by atoms with E-state index in [1.54, 1.807) is 51.1 Å². The second-order valence-corrected chi connectivity index (χ2v) is 10.6. The Morgan fingerprint density at radius 3 is 2.17 bits per heavy atom. The number of carbonyl (C=O) groups is 4. The summed E-state index contributed by atoms with van der Waals surface area (Å²) in [5, 5.41) is 7.46. The zero-order chi connectivity index (χ0) is 26.2. The van der Waals surface area contributed by atoms with Crippen LogP contribution in [0.25, 0.3) is 0 Å². The fourth-order valence-electron chi connectivity index (χ4n) is 3.37. The second-order valence-electron chi connectivity index (χ2n) is 9.61. The third-order valence-electron chi connectivity index (χ3n) is 4.91. The Morgan fingerprint density at radius 1 is 1.00 bits per heavy atom. The number of thiophene rings is 1. The highest BCUT2D eigenvalue weighted by atomic mass is 32.1. The first-order chi connectivity index (χ1) is 16.4. The molecule has 1 unspecified atom stereocenters. The van der Waals surface area contributed by atoms with E-state index in [9.17, 15) is 19.2 Å². The Bertz CT molecular complexity index is 1010. The lowest BCUT2D eigenvalue weighted by molar-refractivity contribution is -0.156. The molecular formula is C26H34N2O6S. The SMILES string of the molecule is COC(=O)c1ccc(NC(=O)[C@H](CC(C)C)NC(=O)C(CC(=O)OC(C)(C)C)c2cccs2)cc1. The standard InChI is InChI=1S/C26H34N2O6S/c1-16(2)14-20(24(31)27-18-11-9-17(10-12-18)25(32)33-6)28-23(30)19(21-8-7-13-35-21)15-22(29)34-26(3,4)5/h7-13,16,19-20H,14-15H2,1-6H3,(H,27,31)(H,28,30)/t19?,20-/m0/s1. The molecule has 2 atom stereocenters. The minimum absolute atomic E-state index is 0.124. The third-order valence-corrected chi connectivity index (χ3v) is 5.89. The number of nitrogens with one attached hydrogen (secondary N) is 2. The molecule has 35 heavy (non-hydrogen) atoms. The van der Waals surface area contributed by atoms with E-state index in [-0.39, 0.29) is 18.2 Å². The molecule has 0 aliphatic heterocycles. The summed E-state index contributed by atoms with van der Waals surface area (Å²) in [6.07, 6.45) is 0.274. The Balaban J connectivity index is 2.17. The van der Waals surface area contributed by atoms with Gasteiger partial charge in [-0.05, 0) is 68.8 Å². The number of anilines is 1. The molecule has 1 aromatic heterocycles. The van der Waals surface area contributed by atoms with Gasteiger partial charge in [-0.15, -0.1) is 11.3 Å². The van der Waals surface area contributed by atoms with Crippen LogP contribution in [-0.4, -0.2) is 42.5 Å². The number of amides is 2. The molecule has 0 bridgehead atoms. The van der Waals surface area contributed by atoms with Crippen molar-refractivity contribution in [3.63, 3.8) is 0 Å². The molecular weight excluding hydrogens is 468 g/mol. The highest BCUT2D eigenvalue weighted by Crippen LogP contribution is 2.27. The van der Waals surface area contributed by atoms with Crippen LogP contribution in [0, 0.1) is 5.92 Å². The van der Waals surface area contributed by atoms with Gasteiger partial charge in [0.1, 0.15) is 11.6 Å². The van der Waals surface area contributed by atoms with Gasteiger partial charge >= 0.3 is 11.9 Å². The van der Waals surface area contributed by atoms with Crippen molar-refractivity contribution < 1.29 is 28.7 Å². The molecule has 8 nitrogen and oxygen atoms in total. The van der Waals surface area contributed by atoms with Gasteiger partial charge in [-0.3, -0.25) is 14.4 Å². The molecule has 0 aliphatic rings. The van der Waals surface area contributed by atoms with Crippen LogP contribution in [0.1, 0.15) is 68.6 Å². The largest absolute Gasteiger partial charge is 0.465 e. The maximum Gasteiger partial charge on any atom is 0.337 e. The van der Waals surface area contributed by atoms with E-state index in [1.807, 2.05) is 25.3 Å². The van der Waals surface area contributed by atoms with E-state index in [2.05, 4.69) is 15.4 Å². The number of hydrogen-bond acceptors (Lipinski definition) is 7. The van der Waals surface area contributed by atoms with Crippen molar-refractivity contribution in [2.24, 2.45) is 5.92 Å². The smallest absolute Gasteiger partial charge is 0.337 e. The van der Waals surface area contributed by atoms with E-state index in [1.165, 1.54) is 18.4 Å². The number of benzene rings is 1. The lowest BCUT2D eigenvalue weighted by Gasteiger charge is -2.24. The van der Waals surface area contributed by atoms with E-state index < -0.39 is 35.4 Å². The van der Waals surface area contributed by atoms with Crippen LogP contribution in [0.4, 0.5) is 5.69 Å². The summed E-state index contributed by atoms with van der Waals surface area (Å²) in [4.78, 5) is 51.2. The number of esters is 2. The molecule has 0 saturated heterocycles. The van der Waals surface area contributed by atoms with E-state index in [0.717, 1.165) is 4.88 Å². The topological polar surface area (TPSA) is 111 Å². The monoisotopic (exact) mass is 502 g/mol. The number of hydrogen-bond donors (Lipinski definition) is 2. The molecule has 9 heteroatoms. The molecule has 2 N–H and O–H groups in total. The third kappa shape index (κ3) is 9.16. The van der Waals surface area contributed by atoms with Crippen LogP contribution in [0.3, 0.4) is 0 Å². The summed E-state index contributed by atoms with van der Waals surface area (Å²) in [5.74, 6) is -2.41. The molecule has 1 heterocycles. The summed E-state index contributed by atoms with van der Waals surface area (Å²) < 4.78 is 10.1. The summed E-state index contributed by atoms with van der Waals surface area (Å²) in [7, 11) is 1.30. The van der Waals surface area contributed by atoms with Crippen molar-refractivity contribution in [3.05, 3.63) is 52.2 Å². The summed E-state index contributed by atoms with van der Waals surface area (Å²) in [5.41, 5.74) is 0.171. The Hall–Kier alpha value is -3.20. The van der Waals surface area contributed by atoms with Crippen LogP contribution < -0.4 is 10.6 Å². The molecule has 0 spiro atoms. The first-order valence-electron chi connectivity index (χ1n) is 11.4. The quantitative estimate of drug-likeness (QED) is 0.462. The molecule has 0 radical (unpaired) electrons. The minimum Gasteiger partial charge on any atom is -0.465 e. The van der Waals surface area contributed by atoms with Gasteiger partial charge < -0.3 is 20.1 Å². The fourth-order valence-corrected chi connectivity index (χ4v) is 4.20. The lowest BCUT2D eigenvalue weighted by atomic mass is 9.99. The van der Waals surface area contributed by atoms with Gasteiger partial charge in [0.15, 0.2) is 0 Å². The van der Waals surface area contributed by atoms with Crippen LogP contribution >= 0.6 is 11.3 Å². The average molecular weight is 503 g/mol. The summed E-state index contributed by atoms with van der Waals surface area (Å²) in [6, 6.07) is 9.07. The van der Waals surface area contributed by atoms with Crippen LogP contribution in [0.15, 0.2) is 41.8 Å². The highest BCUT2D eigenvalue weighted by Gasteiger charge is 2.31. The van der Waals surface area contributed by atoms with Gasteiger partial charge in [-0.1, -0.05) is 19.9 Å². The Kier molecular flexibility index (Phi) is 10.0. The average Bonchev–Trinajstić information content (AvgIpc) is 3.30. The minimum atomic E-state index is -0.816. The van der Waals surface area contributed by atoms with Gasteiger partial charge in [0.2, 0.25) is 11.8 Å². The number of rotatable bonds is 10. The molecule has 0 aliphatic carbocycles. The Morgan fingerprint density at radius 2 is 1.66 bits per heavy atom. The zero-order valence-electron chi connectivity index (χ0n) is 21.0. The first-order valence-corrected chi connectivity index (χ1v) is 12.3. The molecule has 2 amide bonds. The summed E-state index contributed by atoms with van der Waals surface area (Å²) >= 11 is 1.37. The van der Waals surface area contributed by atoms with Crippen molar-refractivity contribution in [3.8, 4) is 0 Å². The van der Waals surface area contributed by atoms with Gasteiger partial charge in [0.25, 0.3) is 0 Å². The highest BCUT2D eigenvalue weighted by molar-refractivity contribution is 7.10. The van der Waals surface area contributed by atoms with E-state index in [0.29, 0.717) is 17.7 Å². The summed E-state index contributed by atoms with van der Waals surface area (Å²) in [6.45, 7) is 9.22. The normalized spacial score (nSPS) is 13.0. The molecule has 190 valence electrons. The molecule has 0 saturated carbocycles. The predicted molar refractivity (Wildman–Crippen MR) is 135 cm³/mol. The van der Waals surface area contributed by atoms with Gasteiger partial charge in [-0.25, -0.2) is 4.79 Å². The van der Waals surface area contributed by atoms with Gasteiger partial charge in [0, 0.05) is 10.6 Å². The second kappa shape index (κ2) is 12.5. The first kappa shape index (κ1) is 28.0. The maximum atomic E-state index is 13.3. The van der Waals surface area contributed by atoms with Crippen molar-refractivity contribution in [2.75, 3.05) is 12.4 Å². The fraction of sp³-hybridized carbons (Fsp3) is 0.462. The lowest BCUT2D eigenvalue weighted by Crippen LogP contribution is -2.46. The van der Waals surface area contributed by atoms with E-state index in [4.69, 9.17) is 4.74 Å². The van der Waals surface area contributed by atoms with Crippen molar-refractivity contribution in [1.29, 1.82) is 0 Å². The van der Waals surface area contributed by atoms with Crippen LogP contribution in [0.5, 0.6) is 0 Å².